The van der Waals surface area contributed by atoms with Crippen molar-refractivity contribution in [2.24, 2.45) is 0 Å². The van der Waals surface area contributed by atoms with Crippen LogP contribution in [-0.2, 0) is 6.54 Å². The van der Waals surface area contributed by atoms with Gasteiger partial charge in [-0.25, -0.2) is 9.37 Å². The van der Waals surface area contributed by atoms with Crippen molar-refractivity contribution in [3.05, 3.63) is 70.1 Å². The lowest BCUT2D eigenvalue weighted by molar-refractivity contribution is 0.416. The molecule has 3 rings (SSSR count). The largest absolute Gasteiger partial charge is 0.495 e. The second-order valence-corrected chi connectivity index (χ2v) is 6.53. The van der Waals surface area contributed by atoms with Gasteiger partial charge in [0.1, 0.15) is 17.4 Å². The SMILES string of the molecule is COc1cc(Cl)c(C)cc1Nc1nc(C)cc(NCc2ccc(F)cc2)n1. The van der Waals surface area contributed by atoms with E-state index in [1.165, 1.54) is 12.1 Å². The molecule has 0 amide bonds. The fourth-order valence-electron chi connectivity index (χ4n) is 2.56. The zero-order valence-electron chi connectivity index (χ0n) is 15.3. The molecule has 0 fully saturated rings. The highest BCUT2D eigenvalue weighted by Crippen LogP contribution is 2.32. The van der Waals surface area contributed by atoms with Crippen molar-refractivity contribution in [2.45, 2.75) is 20.4 Å². The fourth-order valence-corrected chi connectivity index (χ4v) is 2.71. The molecule has 7 heteroatoms. The Bertz CT molecular complexity index is 947. The molecule has 0 aliphatic heterocycles. The molecule has 0 atom stereocenters. The minimum absolute atomic E-state index is 0.254. The molecule has 2 N–H and O–H groups in total. The topological polar surface area (TPSA) is 59.1 Å². The maximum Gasteiger partial charge on any atom is 0.229 e. The van der Waals surface area contributed by atoms with E-state index in [0.717, 1.165) is 22.5 Å². The van der Waals surface area contributed by atoms with Gasteiger partial charge in [0.25, 0.3) is 0 Å². The fraction of sp³-hybridized carbons (Fsp3) is 0.200. The summed E-state index contributed by atoms with van der Waals surface area (Å²) in [4.78, 5) is 8.92. The minimum Gasteiger partial charge on any atom is -0.495 e. The van der Waals surface area contributed by atoms with Crippen LogP contribution in [0.15, 0.2) is 42.5 Å². The average molecular weight is 387 g/mol. The molecular formula is C20H20ClFN4O. The van der Waals surface area contributed by atoms with Crippen molar-refractivity contribution < 1.29 is 9.13 Å². The lowest BCUT2D eigenvalue weighted by atomic mass is 10.2. The summed E-state index contributed by atoms with van der Waals surface area (Å²) < 4.78 is 18.4. The van der Waals surface area contributed by atoms with Gasteiger partial charge in [-0.05, 0) is 43.2 Å². The van der Waals surface area contributed by atoms with E-state index < -0.39 is 0 Å². The van der Waals surface area contributed by atoms with E-state index in [-0.39, 0.29) is 5.82 Å². The van der Waals surface area contributed by atoms with E-state index in [1.54, 1.807) is 25.3 Å². The summed E-state index contributed by atoms with van der Waals surface area (Å²) in [5.74, 6) is 1.46. The molecule has 0 saturated heterocycles. The number of benzene rings is 2. The molecule has 140 valence electrons. The highest BCUT2D eigenvalue weighted by atomic mass is 35.5. The molecule has 2 aromatic carbocycles. The van der Waals surface area contributed by atoms with Crippen molar-refractivity contribution in [1.29, 1.82) is 0 Å². The van der Waals surface area contributed by atoms with Gasteiger partial charge >= 0.3 is 0 Å². The molecule has 27 heavy (non-hydrogen) atoms. The smallest absolute Gasteiger partial charge is 0.229 e. The Morgan fingerprint density at radius 1 is 1.07 bits per heavy atom. The van der Waals surface area contributed by atoms with Crippen LogP contribution in [0.5, 0.6) is 5.75 Å². The minimum atomic E-state index is -0.254. The van der Waals surface area contributed by atoms with Crippen LogP contribution >= 0.6 is 11.6 Å². The average Bonchev–Trinajstić information content (AvgIpc) is 2.63. The predicted molar refractivity (Wildman–Crippen MR) is 107 cm³/mol. The predicted octanol–water partition coefficient (Wildman–Crippen LogP) is 5.25. The maximum absolute atomic E-state index is 13.0. The monoisotopic (exact) mass is 386 g/mol. The number of rotatable bonds is 6. The summed E-state index contributed by atoms with van der Waals surface area (Å²) in [6, 6.07) is 11.8. The van der Waals surface area contributed by atoms with Crippen LogP contribution < -0.4 is 15.4 Å². The van der Waals surface area contributed by atoms with E-state index >= 15 is 0 Å². The van der Waals surface area contributed by atoms with E-state index in [1.807, 2.05) is 26.0 Å². The van der Waals surface area contributed by atoms with E-state index in [0.29, 0.717) is 29.1 Å². The lowest BCUT2D eigenvalue weighted by Crippen LogP contribution is -2.06. The molecule has 0 radical (unpaired) electrons. The Morgan fingerprint density at radius 2 is 1.81 bits per heavy atom. The number of halogens is 2. The van der Waals surface area contributed by atoms with Crippen molar-refractivity contribution >= 4 is 29.1 Å². The van der Waals surface area contributed by atoms with Gasteiger partial charge in [0.15, 0.2) is 0 Å². The molecule has 1 heterocycles. The van der Waals surface area contributed by atoms with Crippen LogP contribution in [0.1, 0.15) is 16.8 Å². The molecule has 1 aromatic heterocycles. The third kappa shape index (κ3) is 4.86. The zero-order chi connectivity index (χ0) is 19.4. The van der Waals surface area contributed by atoms with Crippen LogP contribution in [0.25, 0.3) is 0 Å². The third-order valence-electron chi connectivity index (χ3n) is 3.97. The van der Waals surface area contributed by atoms with Gasteiger partial charge in [-0.15, -0.1) is 0 Å². The molecule has 0 unspecified atom stereocenters. The first kappa shape index (κ1) is 18.9. The number of aryl methyl sites for hydroxylation is 2. The summed E-state index contributed by atoms with van der Waals surface area (Å²) in [6.07, 6.45) is 0. The number of aromatic nitrogens is 2. The number of anilines is 3. The van der Waals surface area contributed by atoms with Crippen LogP contribution in [-0.4, -0.2) is 17.1 Å². The van der Waals surface area contributed by atoms with Crippen molar-refractivity contribution in [3.63, 3.8) is 0 Å². The zero-order valence-corrected chi connectivity index (χ0v) is 16.1. The summed E-state index contributed by atoms with van der Waals surface area (Å²) in [6.45, 7) is 4.33. The van der Waals surface area contributed by atoms with Gasteiger partial charge < -0.3 is 15.4 Å². The number of hydrogen-bond donors (Lipinski definition) is 2. The molecule has 3 aromatic rings. The second-order valence-electron chi connectivity index (χ2n) is 6.12. The van der Waals surface area contributed by atoms with Gasteiger partial charge in [-0.1, -0.05) is 23.7 Å². The molecule has 0 bridgehead atoms. The van der Waals surface area contributed by atoms with Gasteiger partial charge in [-0.3, -0.25) is 0 Å². The van der Waals surface area contributed by atoms with Crippen molar-refractivity contribution in [2.75, 3.05) is 17.7 Å². The standard InChI is InChI=1S/C20H20ClFN4O/c1-12-8-17(18(27-3)10-16(12)21)25-20-24-13(2)9-19(26-20)23-11-14-4-6-15(22)7-5-14/h4-10H,11H2,1-3H3,(H2,23,24,25,26). The number of nitrogens with one attached hydrogen (secondary N) is 2. The number of nitrogens with zero attached hydrogens (tertiary/aromatic N) is 2. The van der Waals surface area contributed by atoms with Gasteiger partial charge in [-0.2, -0.15) is 4.98 Å². The lowest BCUT2D eigenvalue weighted by Gasteiger charge is -2.14. The Kier molecular flexibility index (Phi) is 5.76. The highest BCUT2D eigenvalue weighted by molar-refractivity contribution is 6.31. The van der Waals surface area contributed by atoms with Gasteiger partial charge in [0.05, 0.1) is 12.8 Å². The summed E-state index contributed by atoms with van der Waals surface area (Å²) in [7, 11) is 1.58. The van der Waals surface area contributed by atoms with Crippen LogP contribution in [0.4, 0.5) is 21.8 Å². The number of methoxy groups -OCH3 is 1. The normalized spacial score (nSPS) is 10.6. The Morgan fingerprint density at radius 3 is 2.52 bits per heavy atom. The highest BCUT2D eigenvalue weighted by Gasteiger charge is 2.10. The van der Waals surface area contributed by atoms with E-state index in [9.17, 15) is 4.39 Å². The van der Waals surface area contributed by atoms with Gasteiger partial charge in [0.2, 0.25) is 5.95 Å². The summed E-state index contributed by atoms with van der Waals surface area (Å²) >= 11 is 6.15. The molecule has 5 nitrogen and oxygen atoms in total. The number of ether oxygens (including phenoxy) is 1. The summed E-state index contributed by atoms with van der Waals surface area (Å²) in [5.41, 5.74) is 3.41. The van der Waals surface area contributed by atoms with Crippen molar-refractivity contribution in [3.8, 4) is 5.75 Å². The quantitative estimate of drug-likeness (QED) is 0.605. The molecule has 0 aliphatic rings. The van der Waals surface area contributed by atoms with Gasteiger partial charge in [0, 0.05) is 29.4 Å². The first-order chi connectivity index (χ1) is 12.9. The second kappa shape index (κ2) is 8.22. The van der Waals surface area contributed by atoms with Crippen LogP contribution in [0.3, 0.4) is 0 Å². The van der Waals surface area contributed by atoms with Crippen molar-refractivity contribution in [1.82, 2.24) is 9.97 Å². The Labute approximate surface area is 162 Å². The molecule has 0 saturated carbocycles. The van der Waals surface area contributed by atoms with Crippen LogP contribution in [0, 0.1) is 19.7 Å². The summed E-state index contributed by atoms with van der Waals surface area (Å²) in [5, 5.41) is 7.04. The molecule has 0 spiro atoms. The van der Waals surface area contributed by atoms with Crippen LogP contribution in [0.2, 0.25) is 5.02 Å². The first-order valence-corrected chi connectivity index (χ1v) is 8.77. The Balaban J connectivity index is 1.79. The first-order valence-electron chi connectivity index (χ1n) is 8.40. The van der Waals surface area contributed by atoms with E-state index in [2.05, 4.69) is 20.6 Å². The molecular weight excluding hydrogens is 367 g/mol. The van der Waals surface area contributed by atoms with E-state index in [4.69, 9.17) is 16.3 Å². The molecule has 0 aliphatic carbocycles. The third-order valence-corrected chi connectivity index (χ3v) is 4.38. The maximum atomic E-state index is 13.0. The Hall–Kier alpha value is -2.86. The number of hydrogen-bond acceptors (Lipinski definition) is 5.